The molecule has 3 rings (SSSR count). The van der Waals surface area contributed by atoms with Gasteiger partial charge < -0.3 is 9.67 Å². The molecule has 0 saturated heterocycles. The summed E-state index contributed by atoms with van der Waals surface area (Å²) in [4.78, 5) is 4.65. The molecule has 2 aromatic rings. The fraction of sp³-hybridized carbons (Fsp3) is 0.400. The van der Waals surface area contributed by atoms with E-state index in [4.69, 9.17) is 0 Å². The van der Waals surface area contributed by atoms with Gasteiger partial charge in [-0.15, -0.1) is 0 Å². The standard InChI is InChI=1S/C15H18N2O/c1-11-2-4-12(5-3-11)8-13-9-17-10-14(18)6-7-15(17)16-13/h2-5,9,14,18H,6-8,10H2,1H3. The van der Waals surface area contributed by atoms with Gasteiger partial charge in [0.05, 0.1) is 11.8 Å². The molecule has 0 fully saturated rings. The molecule has 3 heteroatoms. The third-order valence-electron chi connectivity index (χ3n) is 3.52. The van der Waals surface area contributed by atoms with Crippen molar-refractivity contribution >= 4 is 0 Å². The minimum atomic E-state index is -0.209. The number of hydrogen-bond donors (Lipinski definition) is 1. The zero-order valence-electron chi connectivity index (χ0n) is 10.6. The van der Waals surface area contributed by atoms with Gasteiger partial charge in [-0.25, -0.2) is 4.98 Å². The Labute approximate surface area is 107 Å². The molecule has 0 bridgehead atoms. The number of fused-ring (bicyclic) bond motifs is 1. The van der Waals surface area contributed by atoms with Gasteiger partial charge in [0.25, 0.3) is 0 Å². The topological polar surface area (TPSA) is 38.0 Å². The molecule has 1 aromatic carbocycles. The van der Waals surface area contributed by atoms with Crippen molar-refractivity contribution in [1.29, 1.82) is 0 Å². The Balaban J connectivity index is 1.79. The Hall–Kier alpha value is -1.61. The lowest BCUT2D eigenvalue weighted by Crippen LogP contribution is -2.23. The molecule has 3 nitrogen and oxygen atoms in total. The first-order chi connectivity index (χ1) is 8.70. The molecule has 94 valence electrons. The van der Waals surface area contributed by atoms with E-state index in [9.17, 15) is 5.11 Å². The number of rotatable bonds is 2. The summed E-state index contributed by atoms with van der Waals surface area (Å²) in [6.45, 7) is 2.79. The molecule has 1 atom stereocenters. The van der Waals surface area contributed by atoms with Crippen molar-refractivity contribution in [3.05, 3.63) is 53.1 Å². The molecule has 18 heavy (non-hydrogen) atoms. The summed E-state index contributed by atoms with van der Waals surface area (Å²) in [5, 5.41) is 9.64. The molecule has 1 aliphatic rings. The maximum atomic E-state index is 9.64. The van der Waals surface area contributed by atoms with Crippen LogP contribution >= 0.6 is 0 Å². The van der Waals surface area contributed by atoms with Crippen molar-refractivity contribution < 1.29 is 5.11 Å². The summed E-state index contributed by atoms with van der Waals surface area (Å²) >= 11 is 0. The van der Waals surface area contributed by atoms with E-state index in [0.29, 0.717) is 6.54 Å². The van der Waals surface area contributed by atoms with E-state index < -0.39 is 0 Å². The summed E-state index contributed by atoms with van der Waals surface area (Å²) in [6.07, 6.45) is 4.46. The van der Waals surface area contributed by atoms with Gasteiger partial charge in [-0.2, -0.15) is 0 Å². The number of benzene rings is 1. The quantitative estimate of drug-likeness (QED) is 0.875. The van der Waals surface area contributed by atoms with Crippen LogP contribution in [0.25, 0.3) is 0 Å². The molecule has 0 aliphatic carbocycles. The lowest BCUT2D eigenvalue weighted by atomic mass is 10.1. The Kier molecular flexibility index (Phi) is 2.92. The maximum absolute atomic E-state index is 9.64. The summed E-state index contributed by atoms with van der Waals surface area (Å²) in [5.41, 5.74) is 3.67. The van der Waals surface area contributed by atoms with Gasteiger partial charge in [-0.1, -0.05) is 29.8 Å². The maximum Gasteiger partial charge on any atom is 0.109 e. The van der Waals surface area contributed by atoms with Crippen LogP contribution in [0.1, 0.15) is 29.1 Å². The molecule has 0 spiro atoms. The third kappa shape index (κ3) is 2.31. The Morgan fingerprint density at radius 2 is 2.11 bits per heavy atom. The van der Waals surface area contributed by atoms with Crippen LogP contribution < -0.4 is 0 Å². The number of nitrogens with zero attached hydrogens (tertiary/aromatic N) is 2. The van der Waals surface area contributed by atoms with Gasteiger partial charge in [0, 0.05) is 25.6 Å². The van der Waals surface area contributed by atoms with Crippen LogP contribution in [-0.2, 0) is 19.4 Å². The Morgan fingerprint density at radius 3 is 2.89 bits per heavy atom. The number of imidazole rings is 1. The molecular weight excluding hydrogens is 224 g/mol. The lowest BCUT2D eigenvalue weighted by molar-refractivity contribution is 0.130. The van der Waals surface area contributed by atoms with E-state index in [1.165, 1.54) is 11.1 Å². The highest BCUT2D eigenvalue weighted by Gasteiger charge is 2.18. The predicted molar refractivity (Wildman–Crippen MR) is 70.5 cm³/mol. The van der Waals surface area contributed by atoms with E-state index in [2.05, 4.69) is 46.9 Å². The number of aliphatic hydroxyl groups excluding tert-OH is 1. The van der Waals surface area contributed by atoms with Crippen LogP contribution in [0.15, 0.2) is 30.5 Å². The van der Waals surface area contributed by atoms with Crippen molar-refractivity contribution in [2.45, 2.75) is 38.8 Å². The minimum absolute atomic E-state index is 0.209. The fourth-order valence-electron chi connectivity index (χ4n) is 2.49. The second-order valence-corrected chi connectivity index (χ2v) is 5.16. The summed E-state index contributed by atoms with van der Waals surface area (Å²) < 4.78 is 2.09. The fourth-order valence-corrected chi connectivity index (χ4v) is 2.49. The first kappa shape index (κ1) is 11.5. The van der Waals surface area contributed by atoms with Gasteiger partial charge in [0.2, 0.25) is 0 Å². The smallest absolute Gasteiger partial charge is 0.109 e. The van der Waals surface area contributed by atoms with Crippen molar-refractivity contribution in [2.24, 2.45) is 0 Å². The molecule has 1 N–H and O–H groups in total. The van der Waals surface area contributed by atoms with Crippen LogP contribution in [0.5, 0.6) is 0 Å². The van der Waals surface area contributed by atoms with Crippen LogP contribution in [-0.4, -0.2) is 20.8 Å². The van der Waals surface area contributed by atoms with Crippen LogP contribution in [0.3, 0.4) is 0 Å². The lowest BCUT2D eigenvalue weighted by Gasteiger charge is -2.18. The van der Waals surface area contributed by atoms with Crippen LogP contribution in [0.2, 0.25) is 0 Å². The van der Waals surface area contributed by atoms with E-state index in [-0.39, 0.29) is 6.10 Å². The Bertz CT molecular complexity index is 542. The number of aromatic nitrogens is 2. The van der Waals surface area contributed by atoms with Gasteiger partial charge in [-0.05, 0) is 18.9 Å². The van der Waals surface area contributed by atoms with Crippen molar-refractivity contribution in [3.8, 4) is 0 Å². The number of aryl methyl sites for hydroxylation is 2. The van der Waals surface area contributed by atoms with Crippen LogP contribution in [0.4, 0.5) is 0 Å². The minimum Gasteiger partial charge on any atom is -0.391 e. The molecule has 1 unspecified atom stereocenters. The van der Waals surface area contributed by atoms with Crippen LogP contribution in [0, 0.1) is 6.92 Å². The summed E-state index contributed by atoms with van der Waals surface area (Å²) in [6, 6.07) is 8.58. The van der Waals surface area contributed by atoms with Gasteiger partial charge in [0.1, 0.15) is 5.82 Å². The number of aliphatic hydroxyl groups is 1. The van der Waals surface area contributed by atoms with E-state index in [1.54, 1.807) is 0 Å². The van der Waals surface area contributed by atoms with Gasteiger partial charge in [0.15, 0.2) is 0 Å². The predicted octanol–water partition coefficient (Wildman–Crippen LogP) is 2.09. The zero-order chi connectivity index (χ0) is 12.5. The summed E-state index contributed by atoms with van der Waals surface area (Å²) in [5.74, 6) is 1.11. The van der Waals surface area contributed by atoms with Crippen molar-refractivity contribution in [1.82, 2.24) is 9.55 Å². The number of hydrogen-bond acceptors (Lipinski definition) is 2. The second kappa shape index (κ2) is 4.58. The van der Waals surface area contributed by atoms with Crippen molar-refractivity contribution in [2.75, 3.05) is 0 Å². The Morgan fingerprint density at radius 1 is 1.33 bits per heavy atom. The molecule has 0 radical (unpaired) electrons. The van der Waals surface area contributed by atoms with Gasteiger partial charge in [-0.3, -0.25) is 0 Å². The highest BCUT2D eigenvalue weighted by molar-refractivity contribution is 5.25. The average molecular weight is 242 g/mol. The average Bonchev–Trinajstić information content (AvgIpc) is 2.73. The molecular formula is C15H18N2O. The molecule has 2 heterocycles. The van der Waals surface area contributed by atoms with E-state index >= 15 is 0 Å². The molecule has 0 saturated carbocycles. The van der Waals surface area contributed by atoms with Gasteiger partial charge >= 0.3 is 0 Å². The zero-order valence-corrected chi connectivity index (χ0v) is 10.6. The second-order valence-electron chi connectivity index (χ2n) is 5.16. The first-order valence-corrected chi connectivity index (χ1v) is 6.49. The highest BCUT2D eigenvalue weighted by Crippen LogP contribution is 2.17. The molecule has 1 aliphatic heterocycles. The summed E-state index contributed by atoms with van der Waals surface area (Å²) in [7, 11) is 0. The monoisotopic (exact) mass is 242 g/mol. The van der Waals surface area contributed by atoms with Crippen molar-refractivity contribution in [3.63, 3.8) is 0 Å². The molecule has 0 amide bonds. The largest absolute Gasteiger partial charge is 0.391 e. The van der Waals surface area contributed by atoms with E-state index in [0.717, 1.165) is 30.8 Å². The highest BCUT2D eigenvalue weighted by atomic mass is 16.3. The third-order valence-corrected chi connectivity index (χ3v) is 3.52. The normalized spacial score (nSPS) is 18.7. The SMILES string of the molecule is Cc1ccc(Cc2cn3c(n2)CCC(O)C3)cc1. The molecule has 1 aromatic heterocycles. The first-order valence-electron chi connectivity index (χ1n) is 6.49. The van der Waals surface area contributed by atoms with E-state index in [1.807, 2.05) is 0 Å².